The fraction of sp³-hybridized carbons (Fsp3) is 0.500. The Morgan fingerprint density at radius 2 is 2.29 bits per heavy atom. The van der Waals surface area contributed by atoms with Gasteiger partial charge in [0.25, 0.3) is 0 Å². The summed E-state index contributed by atoms with van der Waals surface area (Å²) in [6.07, 6.45) is 4.66. The van der Waals surface area contributed by atoms with Crippen LogP contribution in [-0.2, 0) is 6.54 Å². The molecule has 0 fully saturated rings. The third-order valence-corrected chi connectivity index (χ3v) is 3.30. The summed E-state index contributed by atoms with van der Waals surface area (Å²) >= 11 is 1.61. The summed E-state index contributed by atoms with van der Waals surface area (Å²) in [5.41, 5.74) is 10.2. The van der Waals surface area contributed by atoms with Crippen molar-refractivity contribution in [2.75, 3.05) is 0 Å². The molecule has 0 aliphatic rings. The number of thiazole rings is 1. The Morgan fingerprint density at radius 3 is 2.94 bits per heavy atom. The lowest BCUT2D eigenvalue weighted by Gasteiger charge is -2.15. The van der Waals surface area contributed by atoms with E-state index in [0.29, 0.717) is 5.92 Å². The van der Waals surface area contributed by atoms with Crippen LogP contribution in [0.5, 0.6) is 0 Å². The first-order valence-electron chi connectivity index (χ1n) is 5.79. The zero-order chi connectivity index (χ0) is 12.3. The number of imidazole rings is 1. The van der Waals surface area contributed by atoms with E-state index >= 15 is 0 Å². The molecule has 0 aromatic carbocycles. The standard InChI is InChI=1S/C12H18N4S/c1-9(2)3-11(13)12-4-14-7-16(12)5-10-6-17-8-15-10/h4,6-9,11H,3,5,13H2,1-2H3. The lowest BCUT2D eigenvalue weighted by atomic mass is 10.0. The number of rotatable bonds is 5. The quantitative estimate of drug-likeness (QED) is 0.886. The Labute approximate surface area is 106 Å². The fourth-order valence-corrected chi connectivity index (χ4v) is 2.44. The summed E-state index contributed by atoms with van der Waals surface area (Å²) in [5.74, 6) is 0.590. The van der Waals surface area contributed by atoms with Gasteiger partial charge in [0.2, 0.25) is 0 Å². The minimum atomic E-state index is 0.0520. The van der Waals surface area contributed by atoms with Crippen molar-refractivity contribution < 1.29 is 0 Å². The van der Waals surface area contributed by atoms with Crippen molar-refractivity contribution in [1.29, 1.82) is 0 Å². The van der Waals surface area contributed by atoms with E-state index < -0.39 is 0 Å². The maximum absolute atomic E-state index is 6.19. The van der Waals surface area contributed by atoms with E-state index in [-0.39, 0.29) is 6.04 Å². The van der Waals surface area contributed by atoms with Crippen LogP contribution in [0.1, 0.15) is 37.7 Å². The first kappa shape index (κ1) is 12.3. The van der Waals surface area contributed by atoms with Crippen LogP contribution >= 0.6 is 11.3 Å². The van der Waals surface area contributed by atoms with Gasteiger partial charge in [0, 0.05) is 17.6 Å². The van der Waals surface area contributed by atoms with Crippen LogP contribution < -0.4 is 5.73 Å². The van der Waals surface area contributed by atoms with Gasteiger partial charge in [-0.25, -0.2) is 9.97 Å². The Morgan fingerprint density at radius 1 is 1.47 bits per heavy atom. The third-order valence-electron chi connectivity index (χ3n) is 2.67. The van der Waals surface area contributed by atoms with Crippen LogP contribution in [0.15, 0.2) is 23.4 Å². The smallest absolute Gasteiger partial charge is 0.0952 e. The predicted octanol–water partition coefficient (Wildman–Crippen LogP) is 2.43. The van der Waals surface area contributed by atoms with E-state index in [9.17, 15) is 0 Å². The van der Waals surface area contributed by atoms with Gasteiger partial charge in [0.05, 0.1) is 29.8 Å². The van der Waals surface area contributed by atoms with Crippen molar-refractivity contribution in [2.24, 2.45) is 11.7 Å². The molecule has 0 radical (unpaired) electrons. The summed E-state index contributed by atoms with van der Waals surface area (Å²) < 4.78 is 2.09. The normalized spacial score (nSPS) is 13.2. The second kappa shape index (κ2) is 5.42. The summed E-state index contributed by atoms with van der Waals surface area (Å²) in [5, 5.41) is 2.05. The van der Waals surface area contributed by atoms with Crippen molar-refractivity contribution in [3.8, 4) is 0 Å². The van der Waals surface area contributed by atoms with E-state index in [1.807, 2.05) is 18.0 Å². The molecule has 4 nitrogen and oxygen atoms in total. The van der Waals surface area contributed by atoms with Gasteiger partial charge >= 0.3 is 0 Å². The number of nitrogens with zero attached hydrogens (tertiary/aromatic N) is 3. The van der Waals surface area contributed by atoms with Crippen LogP contribution in [-0.4, -0.2) is 14.5 Å². The van der Waals surface area contributed by atoms with Crippen LogP contribution in [0, 0.1) is 5.92 Å². The molecule has 2 N–H and O–H groups in total. The molecule has 2 heterocycles. The Bertz CT molecular complexity index is 447. The first-order valence-corrected chi connectivity index (χ1v) is 6.73. The van der Waals surface area contributed by atoms with Crippen LogP contribution in [0.25, 0.3) is 0 Å². The monoisotopic (exact) mass is 250 g/mol. The molecule has 0 bridgehead atoms. The molecule has 0 saturated heterocycles. The van der Waals surface area contributed by atoms with Crippen LogP contribution in [0.2, 0.25) is 0 Å². The molecule has 2 aromatic heterocycles. The first-order chi connectivity index (χ1) is 8.16. The summed E-state index contributed by atoms with van der Waals surface area (Å²) in [7, 11) is 0. The van der Waals surface area contributed by atoms with Crippen LogP contribution in [0.3, 0.4) is 0 Å². The molecule has 1 atom stereocenters. The number of hydrogen-bond acceptors (Lipinski definition) is 4. The summed E-state index contributed by atoms with van der Waals surface area (Å²) in [6.45, 7) is 5.12. The molecule has 17 heavy (non-hydrogen) atoms. The summed E-state index contributed by atoms with van der Waals surface area (Å²) in [6, 6.07) is 0.0520. The minimum absolute atomic E-state index is 0.0520. The van der Waals surface area contributed by atoms with Gasteiger partial charge in [-0.05, 0) is 12.3 Å². The Kier molecular flexibility index (Phi) is 3.91. The highest BCUT2D eigenvalue weighted by molar-refractivity contribution is 7.07. The van der Waals surface area contributed by atoms with E-state index in [2.05, 4.69) is 33.8 Å². The average Bonchev–Trinajstić information content (AvgIpc) is 2.88. The zero-order valence-corrected chi connectivity index (χ0v) is 11.0. The maximum Gasteiger partial charge on any atom is 0.0952 e. The molecule has 0 aliphatic heterocycles. The van der Waals surface area contributed by atoms with Gasteiger partial charge < -0.3 is 10.3 Å². The fourth-order valence-electron chi connectivity index (χ4n) is 1.89. The second-order valence-electron chi connectivity index (χ2n) is 4.66. The molecule has 0 amide bonds. The highest BCUT2D eigenvalue weighted by Gasteiger charge is 2.13. The lowest BCUT2D eigenvalue weighted by molar-refractivity contribution is 0.488. The summed E-state index contributed by atoms with van der Waals surface area (Å²) in [4.78, 5) is 8.47. The van der Waals surface area contributed by atoms with Crippen molar-refractivity contribution >= 4 is 11.3 Å². The Hall–Kier alpha value is -1.20. The van der Waals surface area contributed by atoms with Crippen molar-refractivity contribution in [3.05, 3.63) is 34.8 Å². The molecule has 92 valence electrons. The molecule has 2 aromatic rings. The van der Waals surface area contributed by atoms with E-state index in [4.69, 9.17) is 5.73 Å². The van der Waals surface area contributed by atoms with Gasteiger partial charge in [0.15, 0.2) is 0 Å². The number of nitrogens with two attached hydrogens (primary N) is 1. The minimum Gasteiger partial charge on any atom is -0.327 e. The highest BCUT2D eigenvalue weighted by atomic mass is 32.1. The largest absolute Gasteiger partial charge is 0.327 e. The van der Waals surface area contributed by atoms with Gasteiger partial charge in [-0.15, -0.1) is 11.3 Å². The number of aromatic nitrogens is 3. The lowest BCUT2D eigenvalue weighted by Crippen LogP contribution is -2.17. The highest BCUT2D eigenvalue weighted by Crippen LogP contribution is 2.19. The van der Waals surface area contributed by atoms with E-state index in [0.717, 1.165) is 24.4 Å². The molecule has 0 saturated carbocycles. The average molecular weight is 250 g/mol. The molecule has 5 heteroatoms. The topological polar surface area (TPSA) is 56.7 Å². The van der Waals surface area contributed by atoms with E-state index in [1.165, 1.54) is 0 Å². The SMILES string of the molecule is CC(C)CC(N)c1cncn1Cc1cscn1. The maximum atomic E-state index is 6.19. The Balaban J connectivity index is 2.11. The number of hydrogen-bond donors (Lipinski definition) is 1. The van der Waals surface area contributed by atoms with Crippen molar-refractivity contribution in [1.82, 2.24) is 14.5 Å². The molecule has 0 spiro atoms. The molecule has 0 aliphatic carbocycles. The second-order valence-corrected chi connectivity index (χ2v) is 5.38. The molecule has 1 unspecified atom stereocenters. The van der Waals surface area contributed by atoms with E-state index in [1.54, 1.807) is 11.3 Å². The van der Waals surface area contributed by atoms with Crippen molar-refractivity contribution in [3.63, 3.8) is 0 Å². The van der Waals surface area contributed by atoms with Crippen molar-refractivity contribution in [2.45, 2.75) is 32.9 Å². The van der Waals surface area contributed by atoms with Crippen LogP contribution in [0.4, 0.5) is 0 Å². The third kappa shape index (κ3) is 3.14. The molecular weight excluding hydrogens is 232 g/mol. The predicted molar refractivity (Wildman–Crippen MR) is 69.8 cm³/mol. The van der Waals surface area contributed by atoms with Gasteiger partial charge in [0.1, 0.15) is 0 Å². The molecule has 2 rings (SSSR count). The zero-order valence-electron chi connectivity index (χ0n) is 10.2. The molecular formula is C12H18N4S. The van der Waals surface area contributed by atoms with Gasteiger partial charge in [-0.1, -0.05) is 13.8 Å². The van der Waals surface area contributed by atoms with Gasteiger partial charge in [-0.3, -0.25) is 0 Å². The van der Waals surface area contributed by atoms with Gasteiger partial charge in [-0.2, -0.15) is 0 Å².